The average Bonchev–Trinajstić information content (AvgIpc) is 2.49. The minimum absolute atomic E-state index is 0.188. The molecule has 2 nitrogen and oxygen atoms in total. The zero-order chi connectivity index (χ0) is 15.0. The molecule has 0 saturated heterocycles. The molecule has 20 heavy (non-hydrogen) atoms. The van der Waals surface area contributed by atoms with Gasteiger partial charge >= 0.3 is 0 Å². The van der Waals surface area contributed by atoms with E-state index in [0.717, 1.165) is 11.4 Å². The normalized spacial score (nSPS) is 22.4. The van der Waals surface area contributed by atoms with Crippen molar-refractivity contribution < 1.29 is 4.74 Å². The molecule has 0 N–H and O–H groups in total. The van der Waals surface area contributed by atoms with Gasteiger partial charge in [0.25, 0.3) is 0 Å². The second-order valence-corrected chi connectivity index (χ2v) is 6.62. The fourth-order valence-electron chi connectivity index (χ4n) is 2.76. The Morgan fingerprint density at radius 3 is 2.30 bits per heavy atom. The first-order valence-corrected chi connectivity index (χ1v) is 7.71. The van der Waals surface area contributed by atoms with Crippen molar-refractivity contribution in [1.29, 1.82) is 0 Å². The lowest BCUT2D eigenvalue weighted by Crippen LogP contribution is -2.19. The van der Waals surface area contributed by atoms with Crippen LogP contribution in [0.15, 0.2) is 12.3 Å². The van der Waals surface area contributed by atoms with Crippen molar-refractivity contribution in [2.45, 2.75) is 60.5 Å². The standard InChI is InChI=1S/C18H27NO/c1-10(2)15-8-12(5)14(7)20-18-13(6)19-9-16(11(3)4)17(15)18/h8-12,14H,1-7H3/t12-,14-/m1/s1. The topological polar surface area (TPSA) is 22.1 Å². The van der Waals surface area contributed by atoms with E-state index in [9.17, 15) is 0 Å². The lowest BCUT2D eigenvalue weighted by atomic mass is 9.86. The fourth-order valence-corrected chi connectivity index (χ4v) is 2.76. The predicted octanol–water partition coefficient (Wildman–Crippen LogP) is 4.97. The Hall–Kier alpha value is -1.31. The summed E-state index contributed by atoms with van der Waals surface area (Å²) < 4.78 is 6.26. The van der Waals surface area contributed by atoms with E-state index in [1.807, 2.05) is 13.1 Å². The molecule has 0 spiro atoms. The van der Waals surface area contributed by atoms with E-state index >= 15 is 0 Å². The summed E-state index contributed by atoms with van der Waals surface area (Å²) in [4.78, 5) is 4.56. The first kappa shape index (κ1) is 15.1. The van der Waals surface area contributed by atoms with Crippen molar-refractivity contribution >= 4 is 5.57 Å². The second kappa shape index (κ2) is 5.59. The highest BCUT2D eigenvalue weighted by Gasteiger charge is 2.27. The van der Waals surface area contributed by atoms with E-state index in [0.29, 0.717) is 17.8 Å². The zero-order valence-electron chi connectivity index (χ0n) is 13.8. The highest BCUT2D eigenvalue weighted by Crippen LogP contribution is 2.42. The first-order chi connectivity index (χ1) is 9.32. The van der Waals surface area contributed by atoms with Crippen LogP contribution in [0.1, 0.15) is 64.3 Å². The smallest absolute Gasteiger partial charge is 0.148 e. The third kappa shape index (κ3) is 2.61. The quantitative estimate of drug-likeness (QED) is 0.759. The van der Waals surface area contributed by atoms with Gasteiger partial charge < -0.3 is 4.74 Å². The summed E-state index contributed by atoms with van der Waals surface area (Å²) in [5.41, 5.74) is 4.99. The van der Waals surface area contributed by atoms with Crippen molar-refractivity contribution in [2.75, 3.05) is 0 Å². The minimum Gasteiger partial charge on any atom is -0.488 e. The van der Waals surface area contributed by atoms with Crippen LogP contribution < -0.4 is 4.74 Å². The maximum absolute atomic E-state index is 6.26. The van der Waals surface area contributed by atoms with Crippen LogP contribution in [0.25, 0.3) is 5.57 Å². The minimum atomic E-state index is 0.188. The summed E-state index contributed by atoms with van der Waals surface area (Å²) in [5.74, 6) is 2.35. The molecule has 1 aliphatic heterocycles. The Bertz CT molecular complexity index is 528. The van der Waals surface area contributed by atoms with Crippen molar-refractivity contribution in [2.24, 2.45) is 11.8 Å². The predicted molar refractivity (Wildman–Crippen MR) is 85.1 cm³/mol. The molecule has 0 bridgehead atoms. The first-order valence-electron chi connectivity index (χ1n) is 7.71. The highest BCUT2D eigenvalue weighted by molar-refractivity contribution is 5.76. The molecule has 1 aromatic rings. The van der Waals surface area contributed by atoms with E-state index in [4.69, 9.17) is 4.74 Å². The molecule has 0 aliphatic carbocycles. The van der Waals surface area contributed by atoms with Crippen molar-refractivity contribution in [1.82, 2.24) is 4.98 Å². The Morgan fingerprint density at radius 2 is 1.75 bits per heavy atom. The van der Waals surface area contributed by atoms with Crippen molar-refractivity contribution in [3.63, 3.8) is 0 Å². The number of fused-ring (bicyclic) bond motifs is 1. The Morgan fingerprint density at radius 1 is 1.10 bits per heavy atom. The van der Waals surface area contributed by atoms with Crippen LogP contribution in [0.5, 0.6) is 5.75 Å². The number of aromatic nitrogens is 1. The van der Waals surface area contributed by atoms with Crippen LogP contribution in [0.4, 0.5) is 0 Å². The van der Waals surface area contributed by atoms with E-state index in [2.05, 4.69) is 52.6 Å². The second-order valence-electron chi connectivity index (χ2n) is 6.62. The molecule has 1 aromatic heterocycles. The molecule has 0 unspecified atom stereocenters. The fraction of sp³-hybridized carbons (Fsp3) is 0.611. The average molecular weight is 273 g/mol. The summed E-state index contributed by atoms with van der Waals surface area (Å²) >= 11 is 0. The van der Waals surface area contributed by atoms with Gasteiger partial charge in [0.15, 0.2) is 0 Å². The SMILES string of the molecule is Cc1ncc(C(C)C)c2c1O[C@H](C)[C@H](C)C=C2C(C)C. The van der Waals surface area contributed by atoms with Gasteiger partial charge in [-0.2, -0.15) is 0 Å². The number of nitrogens with zero attached hydrogens (tertiary/aromatic N) is 1. The number of aryl methyl sites for hydroxylation is 1. The van der Waals surface area contributed by atoms with Crippen molar-refractivity contribution in [3.8, 4) is 5.75 Å². The van der Waals surface area contributed by atoms with Gasteiger partial charge in [0.05, 0.1) is 5.69 Å². The van der Waals surface area contributed by atoms with Crippen LogP contribution in [0.3, 0.4) is 0 Å². The van der Waals surface area contributed by atoms with Crippen LogP contribution in [-0.4, -0.2) is 11.1 Å². The molecular formula is C18H27NO. The van der Waals surface area contributed by atoms with E-state index in [-0.39, 0.29) is 6.10 Å². The number of hydrogen-bond donors (Lipinski definition) is 0. The maximum atomic E-state index is 6.26. The lowest BCUT2D eigenvalue weighted by Gasteiger charge is -2.22. The van der Waals surface area contributed by atoms with Crippen molar-refractivity contribution in [3.05, 3.63) is 29.1 Å². The summed E-state index contributed by atoms with van der Waals surface area (Å²) in [6, 6.07) is 0. The lowest BCUT2D eigenvalue weighted by molar-refractivity contribution is 0.183. The Kier molecular flexibility index (Phi) is 4.22. The molecule has 2 heteroatoms. The molecule has 0 radical (unpaired) electrons. The maximum Gasteiger partial charge on any atom is 0.148 e. The summed E-state index contributed by atoms with van der Waals surface area (Å²) in [6.07, 6.45) is 4.61. The molecule has 2 rings (SSSR count). The number of ether oxygens (including phenoxy) is 1. The van der Waals surface area contributed by atoms with E-state index < -0.39 is 0 Å². The van der Waals surface area contributed by atoms with Crippen LogP contribution in [-0.2, 0) is 0 Å². The van der Waals surface area contributed by atoms with Crippen LogP contribution >= 0.6 is 0 Å². The molecular weight excluding hydrogens is 246 g/mol. The molecule has 0 saturated carbocycles. The van der Waals surface area contributed by atoms with Gasteiger partial charge in [-0.05, 0) is 36.8 Å². The van der Waals surface area contributed by atoms with E-state index in [1.165, 1.54) is 16.7 Å². The van der Waals surface area contributed by atoms with Gasteiger partial charge in [0.1, 0.15) is 11.9 Å². The molecule has 0 aromatic carbocycles. The van der Waals surface area contributed by atoms with E-state index in [1.54, 1.807) is 0 Å². The third-order valence-corrected chi connectivity index (χ3v) is 4.26. The summed E-state index contributed by atoms with van der Waals surface area (Å²) in [5, 5.41) is 0. The largest absolute Gasteiger partial charge is 0.488 e. The summed E-state index contributed by atoms with van der Waals surface area (Å²) in [7, 11) is 0. The van der Waals surface area contributed by atoms with Gasteiger partial charge in [-0.25, -0.2) is 0 Å². The van der Waals surface area contributed by atoms with Gasteiger partial charge in [0.2, 0.25) is 0 Å². The highest BCUT2D eigenvalue weighted by atomic mass is 16.5. The molecule has 2 heterocycles. The van der Waals surface area contributed by atoms with Gasteiger partial charge in [-0.3, -0.25) is 4.98 Å². The molecule has 0 amide bonds. The molecule has 2 atom stereocenters. The molecule has 110 valence electrons. The Balaban J connectivity index is 2.75. The number of allylic oxidation sites excluding steroid dienone is 1. The van der Waals surface area contributed by atoms with Crippen LogP contribution in [0, 0.1) is 18.8 Å². The zero-order valence-corrected chi connectivity index (χ0v) is 13.8. The third-order valence-electron chi connectivity index (χ3n) is 4.26. The molecule has 0 fully saturated rings. The van der Waals surface area contributed by atoms with Crippen LogP contribution in [0.2, 0.25) is 0 Å². The monoisotopic (exact) mass is 273 g/mol. The number of hydrogen-bond acceptors (Lipinski definition) is 2. The van der Waals surface area contributed by atoms with Gasteiger partial charge in [-0.15, -0.1) is 0 Å². The van der Waals surface area contributed by atoms with Gasteiger partial charge in [0, 0.05) is 17.7 Å². The number of rotatable bonds is 2. The number of pyridine rings is 1. The molecule has 1 aliphatic rings. The summed E-state index contributed by atoms with van der Waals surface area (Å²) in [6.45, 7) is 15.4. The Labute approximate surface area is 123 Å². The van der Waals surface area contributed by atoms with Gasteiger partial charge in [-0.1, -0.05) is 40.7 Å².